The number of benzene rings is 1. The van der Waals surface area contributed by atoms with Gasteiger partial charge in [0, 0.05) is 32.2 Å². The summed E-state index contributed by atoms with van der Waals surface area (Å²) in [5.74, 6) is 0.788. The Hall–Kier alpha value is -0.900. The number of hydrogen-bond acceptors (Lipinski definition) is 3. The number of likely N-dealkylation sites (N-methyl/N-ethyl adjacent to an activating group) is 1. The number of rotatable bonds is 6. The maximum atomic E-state index is 3.75. The summed E-state index contributed by atoms with van der Waals surface area (Å²) in [6.45, 7) is 9.63. The zero-order chi connectivity index (χ0) is 15.4. The van der Waals surface area contributed by atoms with Crippen LogP contribution in [0.15, 0.2) is 24.3 Å². The molecule has 1 saturated heterocycles. The first-order valence-electron chi connectivity index (χ1n) is 8.92. The van der Waals surface area contributed by atoms with Crippen molar-refractivity contribution in [2.75, 3.05) is 46.3 Å². The lowest BCUT2D eigenvalue weighted by Crippen LogP contribution is -2.45. The van der Waals surface area contributed by atoms with E-state index in [9.17, 15) is 0 Å². The highest BCUT2D eigenvalue weighted by atomic mass is 15.2. The number of aryl methyl sites for hydroxylation is 1. The Morgan fingerprint density at radius 3 is 2.55 bits per heavy atom. The standard InChI is InChI=1S/C19H31N3/c1-16-6-3-4-7-19(16)17-14-18(15-17)20-8-5-9-22-12-10-21(2)11-13-22/h3-4,6-7,17-18,20H,5,8-15H2,1-2H3. The molecule has 1 heterocycles. The lowest BCUT2D eigenvalue weighted by molar-refractivity contribution is 0.151. The van der Waals surface area contributed by atoms with Gasteiger partial charge >= 0.3 is 0 Å². The van der Waals surface area contributed by atoms with Crippen LogP contribution in [0.4, 0.5) is 0 Å². The summed E-state index contributed by atoms with van der Waals surface area (Å²) in [4.78, 5) is 5.04. The normalized spacial score (nSPS) is 26.8. The molecule has 2 aliphatic rings. The molecule has 2 fully saturated rings. The summed E-state index contributed by atoms with van der Waals surface area (Å²) in [5, 5.41) is 3.75. The summed E-state index contributed by atoms with van der Waals surface area (Å²) < 4.78 is 0. The molecule has 3 nitrogen and oxygen atoms in total. The molecule has 0 unspecified atom stereocenters. The molecule has 1 aromatic rings. The van der Waals surface area contributed by atoms with E-state index in [-0.39, 0.29) is 0 Å². The van der Waals surface area contributed by atoms with Crippen LogP contribution in [0, 0.1) is 6.92 Å². The minimum atomic E-state index is 0.747. The minimum Gasteiger partial charge on any atom is -0.314 e. The predicted molar refractivity (Wildman–Crippen MR) is 93.5 cm³/mol. The van der Waals surface area contributed by atoms with E-state index >= 15 is 0 Å². The fourth-order valence-electron chi connectivity index (χ4n) is 3.76. The largest absolute Gasteiger partial charge is 0.314 e. The summed E-state index contributed by atoms with van der Waals surface area (Å²) >= 11 is 0. The fourth-order valence-corrected chi connectivity index (χ4v) is 3.76. The van der Waals surface area contributed by atoms with Crippen molar-refractivity contribution in [3.8, 4) is 0 Å². The molecule has 3 heteroatoms. The van der Waals surface area contributed by atoms with Crippen LogP contribution < -0.4 is 5.32 Å². The third kappa shape index (κ3) is 4.09. The first-order valence-corrected chi connectivity index (χ1v) is 8.92. The van der Waals surface area contributed by atoms with Gasteiger partial charge in [-0.3, -0.25) is 0 Å². The van der Waals surface area contributed by atoms with Gasteiger partial charge in [-0.15, -0.1) is 0 Å². The van der Waals surface area contributed by atoms with Crippen LogP contribution in [-0.4, -0.2) is 62.2 Å². The second-order valence-electron chi connectivity index (χ2n) is 7.17. The third-order valence-electron chi connectivity index (χ3n) is 5.45. The molecule has 0 radical (unpaired) electrons. The summed E-state index contributed by atoms with van der Waals surface area (Å²) in [5.41, 5.74) is 3.03. The predicted octanol–water partition coefficient (Wildman–Crippen LogP) is 2.47. The second kappa shape index (κ2) is 7.58. The van der Waals surface area contributed by atoms with Gasteiger partial charge in [0.1, 0.15) is 0 Å². The molecule has 3 rings (SSSR count). The first-order chi connectivity index (χ1) is 10.7. The molecule has 122 valence electrons. The molecule has 0 aromatic heterocycles. The highest BCUT2D eigenvalue weighted by molar-refractivity contribution is 5.31. The topological polar surface area (TPSA) is 18.5 Å². The fraction of sp³-hybridized carbons (Fsp3) is 0.684. The van der Waals surface area contributed by atoms with Crippen molar-refractivity contribution in [2.24, 2.45) is 0 Å². The Bertz CT molecular complexity index is 460. The van der Waals surface area contributed by atoms with E-state index in [1.807, 2.05) is 0 Å². The van der Waals surface area contributed by atoms with Gasteiger partial charge in [0.2, 0.25) is 0 Å². The van der Waals surface area contributed by atoms with Crippen molar-refractivity contribution in [1.29, 1.82) is 0 Å². The zero-order valence-electron chi connectivity index (χ0n) is 14.2. The van der Waals surface area contributed by atoms with Crippen LogP contribution in [0.5, 0.6) is 0 Å². The molecule has 1 aliphatic heterocycles. The van der Waals surface area contributed by atoms with E-state index in [1.165, 1.54) is 64.1 Å². The van der Waals surface area contributed by atoms with E-state index in [4.69, 9.17) is 0 Å². The second-order valence-corrected chi connectivity index (χ2v) is 7.17. The molecule has 0 atom stereocenters. The smallest absolute Gasteiger partial charge is 0.0110 e. The van der Waals surface area contributed by atoms with Gasteiger partial charge in [-0.25, -0.2) is 0 Å². The Morgan fingerprint density at radius 1 is 1.09 bits per heavy atom. The lowest BCUT2D eigenvalue weighted by Gasteiger charge is -2.37. The average molecular weight is 301 g/mol. The lowest BCUT2D eigenvalue weighted by atomic mass is 9.74. The molecule has 1 saturated carbocycles. The highest BCUT2D eigenvalue weighted by Crippen LogP contribution is 2.38. The van der Waals surface area contributed by atoms with Gasteiger partial charge < -0.3 is 15.1 Å². The monoisotopic (exact) mass is 301 g/mol. The molecule has 22 heavy (non-hydrogen) atoms. The van der Waals surface area contributed by atoms with Crippen molar-refractivity contribution >= 4 is 0 Å². The van der Waals surface area contributed by atoms with E-state index in [1.54, 1.807) is 5.56 Å². The van der Waals surface area contributed by atoms with Crippen LogP contribution in [0.1, 0.15) is 36.3 Å². The molecule has 1 aromatic carbocycles. The number of piperazine rings is 1. The first kappa shape index (κ1) is 16.0. The van der Waals surface area contributed by atoms with Crippen LogP contribution in [-0.2, 0) is 0 Å². The van der Waals surface area contributed by atoms with E-state index in [0.29, 0.717) is 0 Å². The van der Waals surface area contributed by atoms with Crippen LogP contribution in [0.2, 0.25) is 0 Å². The summed E-state index contributed by atoms with van der Waals surface area (Å²) in [7, 11) is 2.22. The summed E-state index contributed by atoms with van der Waals surface area (Å²) in [6.07, 6.45) is 3.92. The Morgan fingerprint density at radius 2 is 1.82 bits per heavy atom. The molecule has 1 N–H and O–H groups in total. The molecule has 0 amide bonds. The number of nitrogens with one attached hydrogen (secondary N) is 1. The molecule has 0 bridgehead atoms. The number of nitrogens with zero attached hydrogens (tertiary/aromatic N) is 2. The van der Waals surface area contributed by atoms with Gasteiger partial charge in [0.25, 0.3) is 0 Å². The Labute approximate surface area is 135 Å². The summed E-state index contributed by atoms with van der Waals surface area (Å²) in [6, 6.07) is 9.62. The minimum absolute atomic E-state index is 0.747. The van der Waals surface area contributed by atoms with Crippen molar-refractivity contribution < 1.29 is 0 Å². The average Bonchev–Trinajstić information content (AvgIpc) is 2.48. The molecule has 1 aliphatic carbocycles. The number of hydrogen-bond donors (Lipinski definition) is 1. The van der Waals surface area contributed by atoms with Crippen molar-refractivity contribution in [1.82, 2.24) is 15.1 Å². The van der Waals surface area contributed by atoms with E-state index < -0.39 is 0 Å². The van der Waals surface area contributed by atoms with Crippen LogP contribution in [0.25, 0.3) is 0 Å². The third-order valence-corrected chi connectivity index (χ3v) is 5.45. The SMILES string of the molecule is Cc1ccccc1C1CC(NCCCN2CCN(C)CC2)C1. The van der Waals surface area contributed by atoms with Crippen molar-refractivity contribution in [3.63, 3.8) is 0 Å². The highest BCUT2D eigenvalue weighted by Gasteiger charge is 2.30. The van der Waals surface area contributed by atoms with E-state index in [0.717, 1.165) is 12.0 Å². The maximum absolute atomic E-state index is 3.75. The van der Waals surface area contributed by atoms with E-state index in [2.05, 4.69) is 53.4 Å². The van der Waals surface area contributed by atoms with Crippen LogP contribution >= 0.6 is 0 Å². The molecule has 0 spiro atoms. The van der Waals surface area contributed by atoms with Gasteiger partial charge in [0.05, 0.1) is 0 Å². The quantitative estimate of drug-likeness (QED) is 0.814. The van der Waals surface area contributed by atoms with Gasteiger partial charge in [0.15, 0.2) is 0 Å². The Balaban J connectivity index is 1.28. The Kier molecular flexibility index (Phi) is 5.51. The van der Waals surface area contributed by atoms with Crippen LogP contribution in [0.3, 0.4) is 0 Å². The van der Waals surface area contributed by atoms with Gasteiger partial charge in [-0.2, -0.15) is 0 Å². The molecular weight excluding hydrogens is 270 g/mol. The molecular formula is C19H31N3. The van der Waals surface area contributed by atoms with Crippen molar-refractivity contribution in [2.45, 2.75) is 38.1 Å². The van der Waals surface area contributed by atoms with Gasteiger partial charge in [-0.05, 0) is 63.4 Å². The zero-order valence-corrected chi connectivity index (χ0v) is 14.2. The van der Waals surface area contributed by atoms with Crippen molar-refractivity contribution in [3.05, 3.63) is 35.4 Å². The maximum Gasteiger partial charge on any atom is 0.0110 e. The van der Waals surface area contributed by atoms with Gasteiger partial charge in [-0.1, -0.05) is 24.3 Å².